The van der Waals surface area contributed by atoms with E-state index in [0.29, 0.717) is 0 Å². The first kappa shape index (κ1) is 20.3. The molecule has 17 heavy (non-hydrogen) atoms. The second kappa shape index (κ2) is 19.3. The summed E-state index contributed by atoms with van der Waals surface area (Å²) in [7, 11) is 0. The molecule has 0 fully saturated rings. The van der Waals surface area contributed by atoms with Gasteiger partial charge in [-0.05, 0) is 0 Å². The summed E-state index contributed by atoms with van der Waals surface area (Å²) in [6.45, 7) is 6.16. The molecule has 0 aliphatic rings. The minimum absolute atomic E-state index is 0. The predicted molar refractivity (Wildman–Crippen MR) is 75.7 cm³/mol. The summed E-state index contributed by atoms with van der Waals surface area (Å²) >= 11 is 0. The van der Waals surface area contributed by atoms with Gasteiger partial charge in [0.15, 0.2) is 0 Å². The van der Waals surface area contributed by atoms with Crippen LogP contribution >= 0.6 is 0 Å². The molecule has 0 bridgehead atoms. The normalized spacial score (nSPS) is 10.2. The van der Waals surface area contributed by atoms with Crippen LogP contribution in [0.25, 0.3) is 0 Å². The van der Waals surface area contributed by atoms with Crippen molar-refractivity contribution >= 4 is 0 Å². The molecule has 0 saturated carbocycles. The molecule has 0 aromatic rings. The summed E-state index contributed by atoms with van der Waals surface area (Å²) in [6.07, 6.45) is 19.8. The van der Waals surface area contributed by atoms with Crippen molar-refractivity contribution in [3.8, 4) is 0 Å². The summed E-state index contributed by atoms with van der Waals surface area (Å²) in [5.74, 6) is 0. The Morgan fingerprint density at radius 2 is 0.824 bits per heavy atom. The monoisotopic (exact) mass is 248 g/mol. The molecule has 0 amide bonds. The molecular formula is C16H33Na. The Bertz CT molecular complexity index is 98.1. The Labute approximate surface area is 133 Å². The molecule has 1 heteroatoms. The minimum atomic E-state index is 0. The van der Waals surface area contributed by atoms with Crippen molar-refractivity contribution in [2.75, 3.05) is 0 Å². The van der Waals surface area contributed by atoms with Gasteiger partial charge in [0.05, 0.1) is 0 Å². The van der Waals surface area contributed by atoms with Crippen molar-refractivity contribution in [3.63, 3.8) is 0 Å². The Morgan fingerprint density at radius 1 is 0.529 bits per heavy atom. The van der Waals surface area contributed by atoms with Gasteiger partial charge < -0.3 is 6.92 Å². The molecule has 0 heterocycles. The SMILES string of the molecule is [CH2-]CCCCCCCCCCCCCCC.[Na+]. The third kappa shape index (κ3) is 19.5. The van der Waals surface area contributed by atoms with Crippen molar-refractivity contribution < 1.29 is 29.6 Å². The van der Waals surface area contributed by atoms with Gasteiger partial charge in [-0.2, -0.15) is 6.42 Å². The van der Waals surface area contributed by atoms with E-state index in [0.717, 1.165) is 6.42 Å². The maximum Gasteiger partial charge on any atom is 1.00 e. The fourth-order valence-electron chi connectivity index (χ4n) is 2.19. The Hall–Kier alpha value is 1.00. The van der Waals surface area contributed by atoms with E-state index in [1.165, 1.54) is 83.5 Å². The van der Waals surface area contributed by atoms with E-state index in [1.54, 1.807) is 0 Å². The topological polar surface area (TPSA) is 0 Å². The summed E-state index contributed by atoms with van der Waals surface area (Å²) in [5.41, 5.74) is 0. The van der Waals surface area contributed by atoms with E-state index >= 15 is 0 Å². The molecule has 0 spiro atoms. The zero-order chi connectivity index (χ0) is 11.9. The number of hydrogen-bond donors (Lipinski definition) is 0. The third-order valence-electron chi connectivity index (χ3n) is 3.35. The van der Waals surface area contributed by atoms with Crippen LogP contribution in [0.5, 0.6) is 0 Å². The fraction of sp³-hybridized carbons (Fsp3) is 0.938. The van der Waals surface area contributed by atoms with Gasteiger partial charge in [-0.3, -0.25) is 0 Å². The summed E-state index contributed by atoms with van der Waals surface area (Å²) < 4.78 is 0. The Morgan fingerprint density at radius 3 is 1.12 bits per heavy atom. The molecule has 0 rings (SSSR count). The smallest absolute Gasteiger partial charge is 0.343 e. The largest absolute Gasteiger partial charge is 1.00 e. The van der Waals surface area contributed by atoms with Gasteiger partial charge in [0.2, 0.25) is 0 Å². The average Bonchev–Trinajstić information content (AvgIpc) is 2.31. The number of hydrogen-bond acceptors (Lipinski definition) is 0. The molecule has 98 valence electrons. The van der Waals surface area contributed by atoms with Crippen molar-refractivity contribution in [2.45, 2.75) is 96.8 Å². The maximum absolute atomic E-state index is 3.87. The van der Waals surface area contributed by atoms with Crippen LogP contribution in [0.1, 0.15) is 96.8 Å². The van der Waals surface area contributed by atoms with Crippen molar-refractivity contribution in [1.29, 1.82) is 0 Å². The first-order chi connectivity index (χ1) is 7.91. The zero-order valence-electron chi connectivity index (χ0n) is 12.6. The molecule has 0 radical (unpaired) electrons. The predicted octanol–water partition coefficient (Wildman–Crippen LogP) is 3.31. The standard InChI is InChI=1S/C16H33.Na/c1-3-5-7-9-11-13-15-16-14-12-10-8-6-4-2;/h1,3-16H2,2H3;/q-1;+1. The zero-order valence-corrected chi connectivity index (χ0v) is 14.6. The maximum atomic E-state index is 3.87. The average molecular weight is 248 g/mol. The van der Waals surface area contributed by atoms with Gasteiger partial charge in [-0.1, -0.05) is 90.4 Å². The van der Waals surface area contributed by atoms with Crippen molar-refractivity contribution in [3.05, 3.63) is 6.92 Å². The Balaban J connectivity index is 0. The molecule has 0 nitrogen and oxygen atoms in total. The first-order valence-electron chi connectivity index (χ1n) is 7.71. The van der Waals surface area contributed by atoms with Gasteiger partial charge in [-0.25, -0.2) is 0 Å². The van der Waals surface area contributed by atoms with Crippen LogP contribution in [0, 0.1) is 6.92 Å². The molecule has 0 aromatic carbocycles. The van der Waals surface area contributed by atoms with Gasteiger partial charge in [0, 0.05) is 0 Å². The molecule has 0 atom stereocenters. The van der Waals surface area contributed by atoms with E-state index in [9.17, 15) is 0 Å². The molecular weight excluding hydrogens is 215 g/mol. The van der Waals surface area contributed by atoms with Crippen LogP contribution in [0.4, 0.5) is 0 Å². The van der Waals surface area contributed by atoms with Crippen molar-refractivity contribution in [1.82, 2.24) is 0 Å². The molecule has 0 unspecified atom stereocenters. The summed E-state index contributed by atoms with van der Waals surface area (Å²) in [5, 5.41) is 0. The van der Waals surface area contributed by atoms with Crippen molar-refractivity contribution in [2.24, 2.45) is 0 Å². The quantitative estimate of drug-likeness (QED) is 0.266. The third-order valence-corrected chi connectivity index (χ3v) is 3.35. The second-order valence-corrected chi connectivity index (χ2v) is 5.10. The van der Waals surface area contributed by atoms with E-state index < -0.39 is 0 Å². The van der Waals surface area contributed by atoms with Crippen LogP contribution in [-0.4, -0.2) is 0 Å². The van der Waals surface area contributed by atoms with Gasteiger partial charge in [0.25, 0.3) is 0 Å². The molecule has 0 aliphatic heterocycles. The van der Waals surface area contributed by atoms with E-state index in [4.69, 9.17) is 0 Å². The van der Waals surface area contributed by atoms with Crippen LogP contribution < -0.4 is 29.6 Å². The second-order valence-electron chi connectivity index (χ2n) is 5.10. The van der Waals surface area contributed by atoms with E-state index in [-0.39, 0.29) is 29.6 Å². The minimum Gasteiger partial charge on any atom is -0.343 e. The first-order valence-corrected chi connectivity index (χ1v) is 7.71. The van der Waals surface area contributed by atoms with Crippen LogP contribution in [-0.2, 0) is 0 Å². The van der Waals surface area contributed by atoms with Gasteiger partial charge >= 0.3 is 29.6 Å². The summed E-state index contributed by atoms with van der Waals surface area (Å²) in [6, 6.07) is 0. The fourth-order valence-corrected chi connectivity index (χ4v) is 2.19. The van der Waals surface area contributed by atoms with Crippen LogP contribution in [0.15, 0.2) is 0 Å². The van der Waals surface area contributed by atoms with Crippen LogP contribution in [0.2, 0.25) is 0 Å². The Kier molecular flexibility index (Phi) is 23.1. The molecule has 0 saturated heterocycles. The molecule has 0 N–H and O–H groups in total. The number of rotatable bonds is 13. The summed E-state index contributed by atoms with van der Waals surface area (Å²) in [4.78, 5) is 0. The molecule has 0 aliphatic carbocycles. The van der Waals surface area contributed by atoms with E-state index in [2.05, 4.69) is 13.8 Å². The van der Waals surface area contributed by atoms with Crippen LogP contribution in [0.3, 0.4) is 0 Å². The van der Waals surface area contributed by atoms with Gasteiger partial charge in [0.1, 0.15) is 0 Å². The number of unbranched alkanes of at least 4 members (excludes halogenated alkanes) is 13. The molecule has 0 aromatic heterocycles. The van der Waals surface area contributed by atoms with E-state index in [1.807, 2.05) is 0 Å². The van der Waals surface area contributed by atoms with Gasteiger partial charge in [-0.15, -0.1) is 0 Å².